The largest absolute Gasteiger partial charge is 0.298 e. The number of ketones is 1. The third-order valence-corrected chi connectivity index (χ3v) is 4.37. The molecule has 2 rings (SSSR count). The van der Waals surface area contributed by atoms with Gasteiger partial charge in [-0.1, -0.05) is 29.3 Å². The van der Waals surface area contributed by atoms with Crippen molar-refractivity contribution in [1.82, 2.24) is 0 Å². The Morgan fingerprint density at radius 3 is 2.48 bits per heavy atom. The summed E-state index contributed by atoms with van der Waals surface area (Å²) in [7, 11) is 0. The fourth-order valence-corrected chi connectivity index (χ4v) is 3.10. The lowest BCUT2D eigenvalue weighted by atomic mass is 9.79. The number of carbonyl (C=O) groups excluding carboxylic acids is 1. The molecule has 6 heteroatoms. The van der Waals surface area contributed by atoms with Crippen LogP contribution in [0.4, 0.5) is 8.78 Å². The summed E-state index contributed by atoms with van der Waals surface area (Å²) in [6.45, 7) is 0. The monoisotopic (exact) mass is 331 g/mol. The number of halogens is 4. The first-order chi connectivity index (χ1) is 9.84. The summed E-state index contributed by atoms with van der Waals surface area (Å²) in [6, 6.07) is 6.48. The summed E-state index contributed by atoms with van der Waals surface area (Å²) in [6.07, 6.45) is -0.406. The lowest BCUT2D eigenvalue weighted by Gasteiger charge is -2.28. The number of hydrogen-bond donors (Lipinski definition) is 0. The minimum absolute atomic E-state index is 0.106. The molecular formula is C15H13Cl2F2NO. The highest BCUT2D eigenvalue weighted by molar-refractivity contribution is 6.35. The van der Waals surface area contributed by atoms with Crippen LogP contribution in [0.5, 0.6) is 0 Å². The molecule has 2 nitrogen and oxygen atoms in total. The Morgan fingerprint density at radius 2 is 1.95 bits per heavy atom. The molecule has 1 atom stereocenters. The van der Waals surface area contributed by atoms with Gasteiger partial charge in [-0.2, -0.15) is 5.26 Å². The number of nitrogens with zero attached hydrogens (tertiary/aromatic N) is 1. The Kier molecular flexibility index (Phi) is 4.85. The van der Waals surface area contributed by atoms with E-state index in [1.54, 1.807) is 6.07 Å². The number of nitriles is 1. The molecule has 1 fully saturated rings. The Balaban J connectivity index is 2.18. The zero-order chi connectivity index (χ0) is 15.6. The van der Waals surface area contributed by atoms with Crippen molar-refractivity contribution < 1.29 is 13.6 Å². The number of rotatable bonds is 3. The normalized spacial score (nSPS) is 19.8. The average molecular weight is 332 g/mol. The van der Waals surface area contributed by atoms with Gasteiger partial charge in [-0.25, -0.2) is 8.78 Å². The molecule has 112 valence electrons. The third-order valence-electron chi connectivity index (χ3n) is 3.81. The Labute approximate surface area is 131 Å². The predicted octanol–water partition coefficient (Wildman–Crippen LogP) is 5.00. The SMILES string of the molecule is N#CC(C(=O)C1CCC(F)(F)CC1)c1ccc(Cl)cc1Cl. The Bertz CT molecular complexity index is 588. The molecule has 1 aliphatic carbocycles. The van der Waals surface area contributed by atoms with E-state index in [1.165, 1.54) is 12.1 Å². The topological polar surface area (TPSA) is 40.9 Å². The first kappa shape index (κ1) is 16.2. The first-order valence-corrected chi connectivity index (χ1v) is 7.36. The van der Waals surface area contributed by atoms with Crippen LogP contribution < -0.4 is 0 Å². The van der Waals surface area contributed by atoms with E-state index in [0.29, 0.717) is 10.6 Å². The van der Waals surface area contributed by atoms with Gasteiger partial charge in [0.2, 0.25) is 5.92 Å². The molecule has 0 radical (unpaired) electrons. The maximum absolute atomic E-state index is 13.1. The number of Topliss-reactive ketones (excluding diaryl/α,β-unsaturated/α-hetero) is 1. The zero-order valence-electron chi connectivity index (χ0n) is 11.1. The second-order valence-electron chi connectivity index (χ2n) is 5.26. The quantitative estimate of drug-likeness (QED) is 0.782. The van der Waals surface area contributed by atoms with Gasteiger partial charge in [-0.05, 0) is 30.5 Å². The highest BCUT2D eigenvalue weighted by Gasteiger charge is 2.39. The minimum atomic E-state index is -2.70. The maximum atomic E-state index is 13.1. The average Bonchev–Trinajstić information content (AvgIpc) is 2.41. The smallest absolute Gasteiger partial charge is 0.248 e. The van der Waals surface area contributed by atoms with Crippen molar-refractivity contribution in [2.24, 2.45) is 5.92 Å². The highest BCUT2D eigenvalue weighted by Crippen LogP contribution is 2.39. The third kappa shape index (κ3) is 3.72. The van der Waals surface area contributed by atoms with Gasteiger partial charge >= 0.3 is 0 Å². The van der Waals surface area contributed by atoms with Gasteiger partial charge in [-0.15, -0.1) is 0 Å². The van der Waals surface area contributed by atoms with E-state index in [1.807, 2.05) is 6.07 Å². The summed E-state index contributed by atoms with van der Waals surface area (Å²) < 4.78 is 26.3. The van der Waals surface area contributed by atoms with Gasteiger partial charge in [0.05, 0.1) is 6.07 Å². The van der Waals surface area contributed by atoms with Crippen LogP contribution in [0.3, 0.4) is 0 Å². The molecule has 0 N–H and O–H groups in total. The summed E-state index contributed by atoms with van der Waals surface area (Å²) in [5.74, 6) is -4.58. The number of alkyl halides is 2. The highest BCUT2D eigenvalue weighted by atomic mass is 35.5. The standard InChI is InChI=1S/C15H13Cl2F2NO/c16-10-1-2-11(13(17)7-10)12(8-20)14(21)9-3-5-15(18,19)6-4-9/h1-2,7,9,12H,3-6H2. The van der Waals surface area contributed by atoms with Crippen molar-refractivity contribution in [1.29, 1.82) is 5.26 Å². The first-order valence-electron chi connectivity index (χ1n) is 6.60. The van der Waals surface area contributed by atoms with Gasteiger partial charge < -0.3 is 0 Å². The van der Waals surface area contributed by atoms with E-state index >= 15 is 0 Å². The van der Waals surface area contributed by atoms with E-state index < -0.39 is 17.8 Å². The predicted molar refractivity (Wildman–Crippen MR) is 76.7 cm³/mol. The lowest BCUT2D eigenvalue weighted by molar-refractivity contribution is -0.127. The van der Waals surface area contributed by atoms with E-state index in [4.69, 9.17) is 23.2 Å². The molecule has 0 aliphatic heterocycles. The molecule has 1 aromatic carbocycles. The molecule has 1 aliphatic rings. The Hall–Kier alpha value is -1.18. The van der Waals surface area contributed by atoms with E-state index in [2.05, 4.69) is 0 Å². The molecule has 1 unspecified atom stereocenters. The second-order valence-corrected chi connectivity index (χ2v) is 6.10. The molecule has 0 amide bonds. The molecule has 21 heavy (non-hydrogen) atoms. The van der Waals surface area contributed by atoms with E-state index in [-0.39, 0.29) is 36.5 Å². The number of hydrogen-bond acceptors (Lipinski definition) is 2. The van der Waals surface area contributed by atoms with Gasteiger partial charge in [0.15, 0.2) is 5.78 Å². The van der Waals surface area contributed by atoms with Crippen LogP contribution in [0, 0.1) is 17.2 Å². The van der Waals surface area contributed by atoms with Crippen LogP contribution in [0.1, 0.15) is 37.2 Å². The summed E-state index contributed by atoms with van der Waals surface area (Å²) in [5, 5.41) is 9.91. The molecule has 0 heterocycles. The summed E-state index contributed by atoms with van der Waals surface area (Å²) >= 11 is 11.8. The van der Waals surface area contributed by atoms with Crippen molar-refractivity contribution in [2.45, 2.75) is 37.5 Å². The molecule has 1 saturated carbocycles. The second kappa shape index (κ2) is 6.29. The van der Waals surface area contributed by atoms with Crippen LogP contribution in [-0.4, -0.2) is 11.7 Å². The van der Waals surface area contributed by atoms with Crippen LogP contribution in [0.25, 0.3) is 0 Å². The molecular weight excluding hydrogens is 319 g/mol. The minimum Gasteiger partial charge on any atom is -0.298 e. The van der Waals surface area contributed by atoms with Crippen molar-refractivity contribution in [3.63, 3.8) is 0 Å². The fraction of sp³-hybridized carbons (Fsp3) is 0.467. The zero-order valence-corrected chi connectivity index (χ0v) is 12.6. The van der Waals surface area contributed by atoms with Crippen LogP contribution in [0.15, 0.2) is 18.2 Å². The van der Waals surface area contributed by atoms with Crippen LogP contribution >= 0.6 is 23.2 Å². The Morgan fingerprint density at radius 1 is 1.33 bits per heavy atom. The van der Waals surface area contributed by atoms with Gasteiger partial charge in [-0.3, -0.25) is 4.79 Å². The van der Waals surface area contributed by atoms with E-state index in [9.17, 15) is 18.8 Å². The van der Waals surface area contributed by atoms with Crippen LogP contribution in [0.2, 0.25) is 10.0 Å². The molecule has 0 saturated heterocycles. The van der Waals surface area contributed by atoms with Crippen molar-refractivity contribution in [3.05, 3.63) is 33.8 Å². The van der Waals surface area contributed by atoms with Gasteiger partial charge in [0.25, 0.3) is 0 Å². The number of benzene rings is 1. The van der Waals surface area contributed by atoms with Crippen LogP contribution in [-0.2, 0) is 4.79 Å². The van der Waals surface area contributed by atoms with Crippen molar-refractivity contribution >= 4 is 29.0 Å². The molecule has 0 spiro atoms. The lowest BCUT2D eigenvalue weighted by Crippen LogP contribution is -2.31. The van der Waals surface area contributed by atoms with Crippen molar-refractivity contribution in [2.75, 3.05) is 0 Å². The number of carbonyl (C=O) groups is 1. The van der Waals surface area contributed by atoms with Gasteiger partial charge in [0, 0.05) is 28.8 Å². The van der Waals surface area contributed by atoms with E-state index in [0.717, 1.165) is 0 Å². The van der Waals surface area contributed by atoms with Crippen molar-refractivity contribution in [3.8, 4) is 6.07 Å². The molecule has 1 aromatic rings. The summed E-state index contributed by atoms with van der Waals surface area (Å²) in [4.78, 5) is 12.4. The maximum Gasteiger partial charge on any atom is 0.248 e. The fourth-order valence-electron chi connectivity index (χ4n) is 2.58. The summed E-state index contributed by atoms with van der Waals surface area (Å²) in [5.41, 5.74) is 0.380. The molecule has 0 bridgehead atoms. The molecule has 0 aromatic heterocycles. The van der Waals surface area contributed by atoms with Gasteiger partial charge in [0.1, 0.15) is 5.92 Å².